The highest BCUT2D eigenvalue weighted by molar-refractivity contribution is 7.38. The van der Waals surface area contributed by atoms with Crippen molar-refractivity contribution in [3.8, 4) is 0 Å². The van der Waals surface area contributed by atoms with Crippen molar-refractivity contribution in [2.45, 2.75) is 0 Å². The van der Waals surface area contributed by atoms with Crippen LogP contribution < -0.4 is 0 Å². The molecule has 0 aliphatic rings. The first-order valence-electron chi connectivity index (χ1n) is 2.12. The van der Waals surface area contributed by atoms with Gasteiger partial charge in [-0.05, 0) is 28.3 Å². The van der Waals surface area contributed by atoms with Gasteiger partial charge in [-0.15, -0.1) is 12.4 Å². The van der Waals surface area contributed by atoms with Crippen molar-refractivity contribution in [1.29, 1.82) is 0 Å². The van der Waals surface area contributed by atoms with Crippen LogP contribution in [0, 0.1) is 0 Å². The second kappa shape index (κ2) is 7.16. The molecule has 3 nitrogen and oxygen atoms in total. The highest BCUT2D eigenvalue weighted by Gasteiger charge is 2.03. The molecular formula is C4H6Cl2O3P+. The van der Waals surface area contributed by atoms with Crippen LogP contribution in [0.1, 0.15) is 0 Å². The van der Waals surface area contributed by atoms with Gasteiger partial charge >= 0.3 is 8.03 Å². The Labute approximate surface area is 70.3 Å². The molecule has 0 bridgehead atoms. The SMILES string of the molecule is Cl.O=C(Cl)C=CC[P+](=O)O. The summed E-state index contributed by atoms with van der Waals surface area (Å²) in [5, 5.41) is -0.633. The molecule has 0 aromatic heterocycles. The molecule has 1 N–H and O–H groups in total. The van der Waals surface area contributed by atoms with E-state index in [2.05, 4.69) is 0 Å². The van der Waals surface area contributed by atoms with Gasteiger partial charge in [0.1, 0.15) is 0 Å². The lowest BCUT2D eigenvalue weighted by Crippen LogP contribution is -1.76. The van der Waals surface area contributed by atoms with Crippen LogP contribution in [0.2, 0.25) is 0 Å². The maximum atomic E-state index is 9.93. The summed E-state index contributed by atoms with van der Waals surface area (Å²) in [6.45, 7) is 0. The fourth-order valence-electron chi connectivity index (χ4n) is 0.236. The first-order valence-corrected chi connectivity index (χ1v) is 3.90. The third-order valence-electron chi connectivity index (χ3n) is 0.510. The van der Waals surface area contributed by atoms with Gasteiger partial charge in [-0.25, -0.2) is 0 Å². The molecule has 10 heavy (non-hydrogen) atoms. The van der Waals surface area contributed by atoms with Crippen molar-refractivity contribution < 1.29 is 14.3 Å². The van der Waals surface area contributed by atoms with Gasteiger partial charge in [0.15, 0.2) is 6.16 Å². The molecule has 1 unspecified atom stereocenters. The van der Waals surface area contributed by atoms with E-state index in [-0.39, 0.29) is 18.6 Å². The van der Waals surface area contributed by atoms with E-state index in [1.807, 2.05) is 0 Å². The lowest BCUT2D eigenvalue weighted by atomic mass is 10.6. The number of carbonyl (C=O) groups excluding carboxylic acids is 1. The van der Waals surface area contributed by atoms with Crippen LogP contribution in [0.5, 0.6) is 0 Å². The Hall–Kier alpha value is 0.0500. The molecule has 0 spiro atoms. The van der Waals surface area contributed by atoms with E-state index in [4.69, 9.17) is 16.5 Å². The Morgan fingerprint density at radius 2 is 2.20 bits per heavy atom. The van der Waals surface area contributed by atoms with Crippen molar-refractivity contribution in [3.05, 3.63) is 12.2 Å². The summed E-state index contributed by atoms with van der Waals surface area (Å²) >= 11 is 4.86. The van der Waals surface area contributed by atoms with Crippen LogP contribution in [0.3, 0.4) is 0 Å². The summed E-state index contributed by atoms with van der Waals surface area (Å²) < 4.78 is 9.92. The second-order valence-corrected chi connectivity index (χ2v) is 2.68. The minimum Gasteiger partial charge on any atom is -0.276 e. The predicted molar refractivity (Wildman–Crippen MR) is 41.9 cm³/mol. The molecule has 0 amide bonds. The number of allylic oxidation sites excluding steroid dienone is 2. The van der Waals surface area contributed by atoms with E-state index in [1.165, 1.54) is 6.08 Å². The maximum Gasteiger partial charge on any atom is 0.509 e. The zero-order chi connectivity index (χ0) is 7.28. The predicted octanol–water partition coefficient (Wildman–Crippen LogP) is 1.46. The molecule has 0 fully saturated rings. The van der Waals surface area contributed by atoms with Gasteiger partial charge in [0.05, 0.1) is 0 Å². The van der Waals surface area contributed by atoms with E-state index < -0.39 is 13.3 Å². The summed E-state index contributed by atoms with van der Waals surface area (Å²) in [5.74, 6) is 0. The summed E-state index contributed by atoms with van der Waals surface area (Å²) in [6, 6.07) is 0. The minimum absolute atomic E-state index is 0. The first kappa shape index (κ1) is 12.7. The van der Waals surface area contributed by atoms with Crippen molar-refractivity contribution in [1.82, 2.24) is 0 Å². The van der Waals surface area contributed by atoms with Crippen LogP contribution in [0.15, 0.2) is 12.2 Å². The zero-order valence-corrected chi connectivity index (χ0v) is 7.33. The molecule has 6 heteroatoms. The van der Waals surface area contributed by atoms with E-state index in [0.717, 1.165) is 6.08 Å². The zero-order valence-electron chi connectivity index (χ0n) is 4.86. The molecular weight excluding hydrogens is 198 g/mol. The van der Waals surface area contributed by atoms with Crippen LogP contribution in [0.25, 0.3) is 0 Å². The molecule has 0 saturated carbocycles. The van der Waals surface area contributed by atoms with Crippen LogP contribution in [0.4, 0.5) is 0 Å². The highest BCUT2D eigenvalue weighted by atomic mass is 35.5. The number of hydrogen-bond acceptors (Lipinski definition) is 2. The third kappa shape index (κ3) is 10.9. The van der Waals surface area contributed by atoms with Crippen molar-refractivity contribution in [3.63, 3.8) is 0 Å². The number of carbonyl (C=O) groups is 1. The van der Waals surface area contributed by atoms with E-state index in [1.54, 1.807) is 0 Å². The Morgan fingerprint density at radius 3 is 2.50 bits per heavy atom. The van der Waals surface area contributed by atoms with Crippen molar-refractivity contribution >= 4 is 37.3 Å². The minimum atomic E-state index is -2.18. The average molecular weight is 204 g/mol. The molecule has 0 aliphatic heterocycles. The largest absolute Gasteiger partial charge is 0.509 e. The first-order chi connectivity index (χ1) is 4.13. The number of hydrogen-bond donors (Lipinski definition) is 1. The molecule has 0 saturated heterocycles. The second-order valence-electron chi connectivity index (χ2n) is 1.24. The van der Waals surface area contributed by atoms with E-state index in [0.29, 0.717) is 0 Å². The smallest absolute Gasteiger partial charge is 0.276 e. The van der Waals surface area contributed by atoms with Gasteiger partial charge in [0.25, 0.3) is 0 Å². The Kier molecular flexibility index (Phi) is 9.10. The van der Waals surface area contributed by atoms with Crippen molar-refractivity contribution in [2.75, 3.05) is 6.16 Å². The molecule has 0 aromatic rings. The molecule has 0 aromatic carbocycles. The molecule has 0 radical (unpaired) electrons. The Balaban J connectivity index is 0. The van der Waals surface area contributed by atoms with Gasteiger partial charge in [-0.1, -0.05) is 0 Å². The summed E-state index contributed by atoms with van der Waals surface area (Å²) in [7, 11) is -2.18. The van der Waals surface area contributed by atoms with Crippen LogP contribution in [-0.4, -0.2) is 16.3 Å². The standard InChI is InChI=1S/C4H4ClO3P.ClH/c5-4(6)2-1-3-9(7)8;/h1-2H,3H2;1H/p+1. The van der Waals surface area contributed by atoms with E-state index >= 15 is 0 Å². The lowest BCUT2D eigenvalue weighted by molar-refractivity contribution is -0.107. The fourth-order valence-corrected chi connectivity index (χ4v) is 0.610. The number of rotatable bonds is 3. The van der Waals surface area contributed by atoms with Crippen LogP contribution >= 0.6 is 32.0 Å². The topological polar surface area (TPSA) is 54.4 Å². The molecule has 58 valence electrons. The molecule has 0 heterocycles. The maximum absolute atomic E-state index is 9.93. The van der Waals surface area contributed by atoms with E-state index in [9.17, 15) is 9.36 Å². The average Bonchev–Trinajstić information content (AvgIpc) is 1.63. The Morgan fingerprint density at radius 1 is 1.70 bits per heavy atom. The molecule has 1 atom stereocenters. The van der Waals surface area contributed by atoms with Gasteiger partial charge in [0.2, 0.25) is 5.24 Å². The summed E-state index contributed by atoms with van der Waals surface area (Å²) in [6.07, 6.45) is 2.28. The van der Waals surface area contributed by atoms with Gasteiger partial charge < -0.3 is 0 Å². The van der Waals surface area contributed by atoms with Gasteiger partial charge in [-0.3, -0.25) is 4.79 Å². The van der Waals surface area contributed by atoms with Crippen molar-refractivity contribution in [2.24, 2.45) is 0 Å². The summed E-state index contributed by atoms with van der Waals surface area (Å²) in [5.41, 5.74) is 0. The Bertz CT molecular complexity index is 157. The number of halogens is 2. The molecule has 0 aliphatic carbocycles. The fraction of sp³-hybridized carbons (Fsp3) is 0.250. The monoisotopic (exact) mass is 203 g/mol. The third-order valence-corrected chi connectivity index (χ3v) is 1.16. The van der Waals surface area contributed by atoms with Gasteiger partial charge in [-0.2, -0.15) is 4.89 Å². The summed E-state index contributed by atoms with van der Waals surface area (Å²) in [4.78, 5) is 18.1. The lowest BCUT2D eigenvalue weighted by Gasteiger charge is -1.69. The quantitative estimate of drug-likeness (QED) is 0.430. The highest BCUT2D eigenvalue weighted by Crippen LogP contribution is 2.11. The molecule has 0 rings (SSSR count). The van der Waals surface area contributed by atoms with Crippen LogP contribution in [-0.2, 0) is 9.36 Å². The normalized spacial score (nSPS) is 10.8. The van der Waals surface area contributed by atoms with Gasteiger partial charge in [0, 0.05) is 0 Å².